The molecule has 0 aromatic heterocycles. The molecule has 0 aromatic rings. The fourth-order valence-corrected chi connectivity index (χ4v) is 2.05. The van der Waals surface area contributed by atoms with E-state index in [-0.39, 0.29) is 11.2 Å². The van der Waals surface area contributed by atoms with E-state index in [1.165, 1.54) is 0 Å². The number of nitrogens with zero attached hydrogens (tertiary/aromatic N) is 1. The minimum atomic E-state index is -0.124. The van der Waals surface area contributed by atoms with Crippen molar-refractivity contribution in [3.8, 4) is 0 Å². The Hall–Kier alpha value is -2.09. The number of ketones is 1. The van der Waals surface area contributed by atoms with Crippen molar-refractivity contribution in [2.45, 2.75) is 20.8 Å². The maximum Gasteiger partial charge on any atom is 0.182 e. The molecule has 0 saturated carbocycles. The van der Waals surface area contributed by atoms with Gasteiger partial charge in [-0.3, -0.25) is 4.79 Å². The van der Waals surface area contributed by atoms with Crippen molar-refractivity contribution < 1.29 is 4.79 Å². The summed E-state index contributed by atoms with van der Waals surface area (Å²) in [5, 5.41) is 0. The van der Waals surface area contributed by atoms with Gasteiger partial charge in [-0.15, -0.1) is 0 Å². The van der Waals surface area contributed by atoms with Crippen LogP contribution in [-0.2, 0) is 4.79 Å². The van der Waals surface area contributed by atoms with Crippen molar-refractivity contribution in [3.05, 3.63) is 71.7 Å². The molecule has 0 fully saturated rings. The average molecular weight is 267 g/mol. The van der Waals surface area contributed by atoms with E-state index < -0.39 is 0 Å². The van der Waals surface area contributed by atoms with Crippen molar-refractivity contribution in [2.24, 2.45) is 5.41 Å². The summed E-state index contributed by atoms with van der Waals surface area (Å²) in [6.45, 7) is 6.19. The van der Waals surface area contributed by atoms with Crippen LogP contribution in [0.5, 0.6) is 0 Å². The van der Waals surface area contributed by atoms with Crippen LogP contribution < -0.4 is 0 Å². The van der Waals surface area contributed by atoms with E-state index >= 15 is 0 Å². The summed E-state index contributed by atoms with van der Waals surface area (Å²) in [6.07, 6.45) is 17.8. The molecule has 2 heteroatoms. The van der Waals surface area contributed by atoms with Crippen LogP contribution in [0.15, 0.2) is 71.7 Å². The first-order valence-corrected chi connectivity index (χ1v) is 6.81. The van der Waals surface area contributed by atoms with Gasteiger partial charge in [-0.05, 0) is 40.9 Å². The Morgan fingerprint density at radius 2 is 1.55 bits per heavy atom. The van der Waals surface area contributed by atoms with Gasteiger partial charge in [0.1, 0.15) is 0 Å². The van der Waals surface area contributed by atoms with Crippen LogP contribution in [0, 0.1) is 5.41 Å². The lowest BCUT2D eigenvalue weighted by Gasteiger charge is -2.23. The highest BCUT2D eigenvalue weighted by molar-refractivity contribution is 6.06. The molecule has 1 aliphatic heterocycles. The maximum absolute atomic E-state index is 11.9. The highest BCUT2D eigenvalue weighted by atomic mass is 16.1. The zero-order chi connectivity index (χ0) is 14.8. The number of carbonyl (C=O) groups excluding carboxylic acids is 1. The third-order valence-electron chi connectivity index (χ3n) is 3.28. The predicted octanol–water partition coefficient (Wildman–Crippen LogP) is 3.92. The molecule has 0 unspecified atom stereocenters. The third-order valence-corrected chi connectivity index (χ3v) is 3.28. The fourth-order valence-electron chi connectivity index (χ4n) is 2.05. The van der Waals surface area contributed by atoms with Crippen molar-refractivity contribution >= 4 is 5.78 Å². The van der Waals surface area contributed by atoms with Crippen molar-refractivity contribution in [2.75, 3.05) is 7.05 Å². The summed E-state index contributed by atoms with van der Waals surface area (Å²) >= 11 is 0. The third kappa shape index (κ3) is 3.47. The van der Waals surface area contributed by atoms with Crippen molar-refractivity contribution in [3.63, 3.8) is 0 Å². The Kier molecular flexibility index (Phi) is 3.93. The normalized spacial score (nSPS) is 20.7. The van der Waals surface area contributed by atoms with Crippen LogP contribution in [0.25, 0.3) is 0 Å². The Bertz CT molecular complexity index is 573. The van der Waals surface area contributed by atoms with Gasteiger partial charge in [-0.1, -0.05) is 39.0 Å². The minimum Gasteiger partial charge on any atom is -0.357 e. The largest absolute Gasteiger partial charge is 0.357 e. The van der Waals surface area contributed by atoms with Gasteiger partial charge in [0, 0.05) is 25.0 Å². The second-order valence-corrected chi connectivity index (χ2v) is 6.14. The van der Waals surface area contributed by atoms with Crippen LogP contribution in [0.4, 0.5) is 0 Å². The summed E-state index contributed by atoms with van der Waals surface area (Å²) in [5.74, 6) is 0.112. The molecule has 0 bridgehead atoms. The molecular formula is C18H21NO. The van der Waals surface area contributed by atoms with Gasteiger partial charge >= 0.3 is 0 Å². The van der Waals surface area contributed by atoms with Gasteiger partial charge in [0.05, 0.1) is 0 Å². The molecule has 0 saturated heterocycles. The molecule has 0 atom stereocenters. The highest BCUT2D eigenvalue weighted by Crippen LogP contribution is 2.30. The number of rotatable bonds is 1. The SMILES string of the molecule is CN1C=CC(=C/C=C2\C=CC(=O)C(C(C)(C)C)=C2)C=C1. The van der Waals surface area contributed by atoms with Crippen LogP contribution in [0.1, 0.15) is 20.8 Å². The molecule has 0 N–H and O–H groups in total. The number of allylic oxidation sites excluding steroid dienone is 10. The fraction of sp³-hybridized carbons (Fsp3) is 0.278. The highest BCUT2D eigenvalue weighted by Gasteiger charge is 2.23. The zero-order valence-electron chi connectivity index (χ0n) is 12.6. The Labute approximate surface area is 121 Å². The molecular weight excluding hydrogens is 246 g/mol. The molecule has 2 rings (SSSR count). The lowest BCUT2D eigenvalue weighted by molar-refractivity contribution is -0.112. The van der Waals surface area contributed by atoms with Gasteiger partial charge in [0.25, 0.3) is 0 Å². The van der Waals surface area contributed by atoms with E-state index in [9.17, 15) is 4.79 Å². The Morgan fingerprint density at radius 1 is 0.950 bits per heavy atom. The summed E-state index contributed by atoms with van der Waals surface area (Å²) < 4.78 is 0. The average Bonchev–Trinajstić information content (AvgIpc) is 2.38. The van der Waals surface area contributed by atoms with Crippen LogP contribution in [0.2, 0.25) is 0 Å². The number of carbonyl (C=O) groups is 1. The van der Waals surface area contributed by atoms with Crippen LogP contribution in [-0.4, -0.2) is 17.7 Å². The maximum atomic E-state index is 11.9. The monoisotopic (exact) mass is 267 g/mol. The van der Waals surface area contributed by atoms with Crippen molar-refractivity contribution in [1.82, 2.24) is 4.90 Å². The van der Waals surface area contributed by atoms with Gasteiger partial charge in [0.2, 0.25) is 0 Å². The topological polar surface area (TPSA) is 20.3 Å². The molecule has 0 amide bonds. The molecule has 0 aromatic carbocycles. The molecule has 2 aliphatic rings. The Balaban J connectivity index is 2.24. The summed E-state index contributed by atoms with van der Waals surface area (Å²) in [6, 6.07) is 0. The molecule has 0 spiro atoms. The van der Waals surface area contributed by atoms with Gasteiger partial charge in [-0.25, -0.2) is 0 Å². The van der Waals surface area contributed by atoms with Crippen molar-refractivity contribution in [1.29, 1.82) is 0 Å². The smallest absolute Gasteiger partial charge is 0.182 e. The first-order valence-electron chi connectivity index (χ1n) is 6.81. The second-order valence-electron chi connectivity index (χ2n) is 6.14. The van der Waals surface area contributed by atoms with E-state index in [1.54, 1.807) is 6.08 Å². The molecule has 0 radical (unpaired) electrons. The summed E-state index contributed by atoms with van der Waals surface area (Å²) in [7, 11) is 2.00. The van der Waals surface area contributed by atoms with Crippen LogP contribution >= 0.6 is 0 Å². The van der Waals surface area contributed by atoms with E-state index in [2.05, 4.69) is 39.0 Å². The van der Waals surface area contributed by atoms with E-state index in [0.717, 1.165) is 16.7 Å². The molecule has 2 nitrogen and oxygen atoms in total. The standard InChI is InChI=1S/C18H21NO/c1-18(2,3)16-13-15(7-8-17(16)20)6-5-14-9-11-19(4)12-10-14/h5-13H,1-4H3/b15-6+. The molecule has 1 aliphatic carbocycles. The summed E-state index contributed by atoms with van der Waals surface area (Å²) in [5.41, 5.74) is 2.94. The van der Waals surface area contributed by atoms with E-state index in [1.807, 2.05) is 42.6 Å². The van der Waals surface area contributed by atoms with Gasteiger partial charge in [-0.2, -0.15) is 0 Å². The molecule has 1 heterocycles. The first-order chi connectivity index (χ1) is 9.36. The quantitative estimate of drug-likeness (QED) is 0.717. The summed E-state index contributed by atoms with van der Waals surface area (Å²) in [4.78, 5) is 13.9. The van der Waals surface area contributed by atoms with E-state index in [4.69, 9.17) is 0 Å². The minimum absolute atomic E-state index is 0.112. The van der Waals surface area contributed by atoms with Gasteiger partial charge in [0.15, 0.2) is 5.78 Å². The number of hydrogen-bond acceptors (Lipinski definition) is 2. The van der Waals surface area contributed by atoms with E-state index in [0.29, 0.717) is 0 Å². The zero-order valence-corrected chi connectivity index (χ0v) is 12.6. The molecule has 20 heavy (non-hydrogen) atoms. The lowest BCUT2D eigenvalue weighted by Crippen LogP contribution is -2.18. The second kappa shape index (κ2) is 5.49. The predicted molar refractivity (Wildman–Crippen MR) is 83.9 cm³/mol. The van der Waals surface area contributed by atoms with Gasteiger partial charge < -0.3 is 4.90 Å². The number of hydrogen-bond donors (Lipinski definition) is 0. The Morgan fingerprint density at radius 3 is 2.15 bits per heavy atom. The van der Waals surface area contributed by atoms with Crippen LogP contribution in [0.3, 0.4) is 0 Å². The first kappa shape index (κ1) is 14.3. The lowest BCUT2D eigenvalue weighted by atomic mass is 9.80. The molecule has 104 valence electrons.